The van der Waals surface area contributed by atoms with Gasteiger partial charge in [-0.2, -0.15) is 13.2 Å². The van der Waals surface area contributed by atoms with Crippen molar-refractivity contribution in [2.45, 2.75) is 19.5 Å². The summed E-state index contributed by atoms with van der Waals surface area (Å²) < 4.78 is 37.0. The molecule has 0 aromatic heterocycles. The number of benzene rings is 1. The fourth-order valence-electron chi connectivity index (χ4n) is 1.56. The molecule has 2 amide bonds. The molecular formula is C13H15F3N2O3. The van der Waals surface area contributed by atoms with Crippen LogP contribution in [0.2, 0.25) is 0 Å². The number of nitrogens with one attached hydrogen (secondary N) is 2. The Labute approximate surface area is 119 Å². The Morgan fingerprint density at radius 3 is 2.29 bits per heavy atom. The summed E-state index contributed by atoms with van der Waals surface area (Å²) in [5, 5.41) is 13.4. The third kappa shape index (κ3) is 6.15. The van der Waals surface area contributed by atoms with Crippen LogP contribution in [0.5, 0.6) is 0 Å². The normalized spacial score (nSPS) is 12.6. The molecular weight excluding hydrogens is 289 g/mol. The highest BCUT2D eigenvalue weighted by molar-refractivity contribution is 5.89. The molecule has 0 radical (unpaired) electrons. The zero-order valence-electron chi connectivity index (χ0n) is 11.2. The number of alkyl halides is 3. The number of halogens is 3. The minimum Gasteiger partial charge on any atom is -0.481 e. The maximum absolute atomic E-state index is 12.3. The molecule has 1 unspecified atom stereocenters. The van der Waals surface area contributed by atoms with Crippen LogP contribution in [0.25, 0.3) is 0 Å². The van der Waals surface area contributed by atoms with Gasteiger partial charge in [0.05, 0.1) is 5.56 Å². The molecule has 0 saturated carbocycles. The number of carboxylic acids is 1. The van der Waals surface area contributed by atoms with E-state index in [2.05, 4.69) is 10.6 Å². The van der Waals surface area contributed by atoms with Crippen LogP contribution in [-0.2, 0) is 11.0 Å². The average molecular weight is 304 g/mol. The topological polar surface area (TPSA) is 78.4 Å². The van der Waals surface area contributed by atoms with Gasteiger partial charge in [0.1, 0.15) is 0 Å². The van der Waals surface area contributed by atoms with Crippen molar-refractivity contribution in [1.82, 2.24) is 5.32 Å². The molecule has 0 aliphatic rings. The average Bonchev–Trinajstić information content (AvgIpc) is 2.35. The molecule has 0 aliphatic heterocycles. The zero-order valence-corrected chi connectivity index (χ0v) is 11.2. The second kappa shape index (κ2) is 6.96. The van der Waals surface area contributed by atoms with Crippen molar-refractivity contribution in [2.24, 2.45) is 5.92 Å². The molecule has 0 aliphatic carbocycles. The first-order chi connectivity index (χ1) is 9.68. The van der Waals surface area contributed by atoms with Gasteiger partial charge in [-0.3, -0.25) is 4.79 Å². The van der Waals surface area contributed by atoms with Gasteiger partial charge in [-0.25, -0.2) is 4.79 Å². The van der Waals surface area contributed by atoms with Crippen LogP contribution < -0.4 is 10.6 Å². The second-order valence-electron chi connectivity index (χ2n) is 4.61. The Bertz CT molecular complexity index is 500. The molecule has 3 N–H and O–H groups in total. The van der Waals surface area contributed by atoms with Gasteiger partial charge in [-0.15, -0.1) is 0 Å². The number of anilines is 1. The molecule has 1 aromatic rings. The first-order valence-electron chi connectivity index (χ1n) is 6.12. The Morgan fingerprint density at radius 1 is 1.24 bits per heavy atom. The highest BCUT2D eigenvalue weighted by atomic mass is 19.4. The Hall–Kier alpha value is -2.25. The zero-order chi connectivity index (χ0) is 16.0. The van der Waals surface area contributed by atoms with Crippen LogP contribution in [0.15, 0.2) is 24.3 Å². The summed E-state index contributed by atoms with van der Waals surface area (Å²) in [6.45, 7) is 1.81. The van der Waals surface area contributed by atoms with E-state index in [-0.39, 0.29) is 24.6 Å². The molecule has 116 valence electrons. The monoisotopic (exact) mass is 304 g/mol. The van der Waals surface area contributed by atoms with Crippen LogP contribution in [0.1, 0.15) is 18.9 Å². The molecule has 1 rings (SSSR count). The summed E-state index contributed by atoms with van der Waals surface area (Å²) in [7, 11) is 0. The minimum absolute atomic E-state index is 0.0828. The number of carbonyl (C=O) groups excluding carboxylic acids is 1. The molecule has 1 atom stereocenters. The molecule has 0 saturated heterocycles. The van der Waals surface area contributed by atoms with Gasteiger partial charge in [0.15, 0.2) is 0 Å². The lowest BCUT2D eigenvalue weighted by Crippen LogP contribution is -2.33. The maximum atomic E-state index is 12.3. The number of rotatable bonds is 5. The van der Waals surface area contributed by atoms with Crippen molar-refractivity contribution < 1.29 is 27.9 Å². The first-order valence-corrected chi connectivity index (χ1v) is 6.12. The summed E-state index contributed by atoms with van der Waals surface area (Å²) >= 11 is 0. The summed E-state index contributed by atoms with van der Waals surface area (Å²) in [5.41, 5.74) is -0.588. The second-order valence-corrected chi connectivity index (χ2v) is 4.61. The van der Waals surface area contributed by atoms with Gasteiger partial charge < -0.3 is 15.7 Å². The third-order valence-corrected chi connectivity index (χ3v) is 2.60. The number of hydrogen-bond donors (Lipinski definition) is 3. The number of hydrogen-bond acceptors (Lipinski definition) is 2. The van der Waals surface area contributed by atoms with E-state index < -0.39 is 23.7 Å². The lowest BCUT2D eigenvalue weighted by atomic mass is 10.1. The number of aliphatic carboxylic acids is 1. The molecule has 5 nitrogen and oxygen atoms in total. The summed E-state index contributed by atoms with van der Waals surface area (Å²) in [5.74, 6) is -1.21. The van der Waals surface area contributed by atoms with Gasteiger partial charge in [0.2, 0.25) is 0 Å². The standard InChI is InChI=1S/C13H15F3N2O3/c1-8(6-11(19)20)7-17-12(21)18-10-4-2-9(3-5-10)13(14,15)16/h2-5,8H,6-7H2,1H3,(H,19,20)(H2,17,18,21). The smallest absolute Gasteiger partial charge is 0.416 e. The summed E-state index contributed by atoms with van der Waals surface area (Å²) in [6, 6.07) is 3.41. The minimum atomic E-state index is -4.42. The summed E-state index contributed by atoms with van der Waals surface area (Å²) in [4.78, 5) is 21.9. The van der Waals surface area contributed by atoms with Gasteiger partial charge in [-0.05, 0) is 30.2 Å². The maximum Gasteiger partial charge on any atom is 0.416 e. The molecule has 8 heteroatoms. The highest BCUT2D eigenvalue weighted by Crippen LogP contribution is 2.29. The highest BCUT2D eigenvalue weighted by Gasteiger charge is 2.29. The van der Waals surface area contributed by atoms with Gasteiger partial charge in [-0.1, -0.05) is 6.92 Å². The van der Waals surface area contributed by atoms with E-state index in [1.807, 2.05) is 0 Å². The SMILES string of the molecule is CC(CNC(=O)Nc1ccc(C(F)(F)F)cc1)CC(=O)O. The van der Waals surface area contributed by atoms with E-state index in [1.54, 1.807) is 6.92 Å². The van der Waals surface area contributed by atoms with Crippen molar-refractivity contribution in [1.29, 1.82) is 0 Å². The van der Waals surface area contributed by atoms with Crippen LogP contribution in [0, 0.1) is 5.92 Å². The Balaban J connectivity index is 2.46. The number of carboxylic acid groups (broad SMARTS) is 1. The van der Waals surface area contributed by atoms with Crippen molar-refractivity contribution in [3.63, 3.8) is 0 Å². The fourth-order valence-corrected chi connectivity index (χ4v) is 1.56. The number of carbonyl (C=O) groups is 2. The van der Waals surface area contributed by atoms with Crippen molar-refractivity contribution >= 4 is 17.7 Å². The molecule has 0 heterocycles. The predicted octanol–water partition coefficient (Wildman–Crippen LogP) is 2.94. The third-order valence-electron chi connectivity index (χ3n) is 2.60. The van der Waals surface area contributed by atoms with Gasteiger partial charge in [0, 0.05) is 18.7 Å². The fraction of sp³-hybridized carbons (Fsp3) is 0.385. The van der Waals surface area contributed by atoms with Crippen molar-refractivity contribution in [3.8, 4) is 0 Å². The van der Waals surface area contributed by atoms with Crippen LogP contribution in [0.4, 0.5) is 23.7 Å². The largest absolute Gasteiger partial charge is 0.481 e. The lowest BCUT2D eigenvalue weighted by molar-refractivity contribution is -0.138. The van der Waals surface area contributed by atoms with Crippen LogP contribution >= 0.6 is 0 Å². The van der Waals surface area contributed by atoms with Crippen LogP contribution in [-0.4, -0.2) is 23.7 Å². The van der Waals surface area contributed by atoms with E-state index in [4.69, 9.17) is 5.11 Å². The van der Waals surface area contributed by atoms with E-state index >= 15 is 0 Å². The molecule has 0 bridgehead atoms. The van der Waals surface area contributed by atoms with E-state index in [1.165, 1.54) is 0 Å². The number of urea groups is 1. The molecule has 1 aromatic carbocycles. The number of amides is 2. The molecule has 0 fully saturated rings. The van der Waals surface area contributed by atoms with Crippen molar-refractivity contribution in [2.75, 3.05) is 11.9 Å². The summed E-state index contributed by atoms with van der Waals surface area (Å²) in [6.07, 6.45) is -4.51. The van der Waals surface area contributed by atoms with Gasteiger partial charge in [0.25, 0.3) is 0 Å². The van der Waals surface area contributed by atoms with E-state index in [9.17, 15) is 22.8 Å². The van der Waals surface area contributed by atoms with E-state index in [0.717, 1.165) is 24.3 Å². The Morgan fingerprint density at radius 2 is 1.81 bits per heavy atom. The molecule has 0 spiro atoms. The molecule has 21 heavy (non-hydrogen) atoms. The van der Waals surface area contributed by atoms with Crippen LogP contribution in [0.3, 0.4) is 0 Å². The first kappa shape index (κ1) is 16.8. The Kier molecular flexibility index (Phi) is 5.57. The predicted molar refractivity (Wildman–Crippen MR) is 69.9 cm³/mol. The lowest BCUT2D eigenvalue weighted by Gasteiger charge is -2.12. The quantitative estimate of drug-likeness (QED) is 0.782. The van der Waals surface area contributed by atoms with E-state index in [0.29, 0.717) is 0 Å². The van der Waals surface area contributed by atoms with Gasteiger partial charge >= 0.3 is 18.2 Å². The van der Waals surface area contributed by atoms with Crippen molar-refractivity contribution in [3.05, 3.63) is 29.8 Å².